The molecule has 1 heterocycles. The number of nitrogens with zero attached hydrogens (tertiary/aromatic N) is 2. The van der Waals surface area contributed by atoms with Crippen LogP contribution in [0.5, 0.6) is 0 Å². The van der Waals surface area contributed by atoms with Crippen LogP contribution in [0.4, 0.5) is 0 Å². The summed E-state index contributed by atoms with van der Waals surface area (Å²) in [4.78, 5) is 0. The van der Waals surface area contributed by atoms with Crippen LogP contribution in [0.2, 0.25) is 0 Å². The molecule has 1 aliphatic heterocycles. The van der Waals surface area contributed by atoms with E-state index in [1.165, 1.54) is 4.31 Å². The quantitative estimate of drug-likeness (QED) is 0.800. The minimum atomic E-state index is -3.42. The molecule has 1 aromatic rings. The van der Waals surface area contributed by atoms with Crippen molar-refractivity contribution in [2.45, 2.75) is 38.9 Å². The molecule has 3 rings (SSSR count). The Morgan fingerprint density at radius 2 is 1.78 bits per heavy atom. The number of hydrogen-bond acceptors (Lipinski definition) is 3. The van der Waals surface area contributed by atoms with Gasteiger partial charge in [0.1, 0.15) is 0 Å². The van der Waals surface area contributed by atoms with E-state index in [4.69, 9.17) is 4.74 Å². The van der Waals surface area contributed by atoms with Gasteiger partial charge in [-0.05, 0) is 24.3 Å². The molecule has 2 fully saturated rings. The van der Waals surface area contributed by atoms with Gasteiger partial charge < -0.3 is 4.74 Å². The summed E-state index contributed by atoms with van der Waals surface area (Å²) < 4.78 is 35.2. The molecule has 2 atom stereocenters. The first kappa shape index (κ1) is 16.9. The molecule has 0 unspecified atom stereocenters. The van der Waals surface area contributed by atoms with E-state index in [-0.39, 0.29) is 12.2 Å². The number of ether oxygens (including phenoxy) is 1. The Hall–Kier alpha value is -0.950. The van der Waals surface area contributed by atoms with Gasteiger partial charge in [0, 0.05) is 26.2 Å². The van der Waals surface area contributed by atoms with Gasteiger partial charge in [-0.1, -0.05) is 44.2 Å². The highest BCUT2D eigenvalue weighted by Gasteiger charge is 2.43. The maximum atomic E-state index is 12.9. The molecule has 0 radical (unpaired) electrons. The van der Waals surface area contributed by atoms with Crippen molar-refractivity contribution in [2.24, 2.45) is 5.92 Å². The summed E-state index contributed by atoms with van der Waals surface area (Å²) in [6, 6.07) is 9.95. The first-order valence-corrected chi connectivity index (χ1v) is 9.91. The summed E-state index contributed by atoms with van der Waals surface area (Å²) in [5.74, 6) is 0.510. The van der Waals surface area contributed by atoms with E-state index < -0.39 is 10.2 Å². The van der Waals surface area contributed by atoms with Crippen LogP contribution in [-0.2, 0) is 14.9 Å². The molecular formula is C17H26N2O3S. The maximum Gasteiger partial charge on any atom is 0.282 e. The zero-order valence-corrected chi connectivity index (χ0v) is 14.7. The Balaban J connectivity index is 1.85. The molecule has 1 aromatic carbocycles. The highest BCUT2D eigenvalue weighted by Crippen LogP contribution is 2.40. The molecule has 1 saturated carbocycles. The van der Waals surface area contributed by atoms with Gasteiger partial charge in [0.15, 0.2) is 0 Å². The second-order valence-corrected chi connectivity index (χ2v) is 8.25. The van der Waals surface area contributed by atoms with Gasteiger partial charge in [-0.25, -0.2) is 0 Å². The predicted octanol–water partition coefficient (Wildman–Crippen LogP) is 2.43. The van der Waals surface area contributed by atoms with Crippen LogP contribution < -0.4 is 0 Å². The van der Waals surface area contributed by atoms with Crippen molar-refractivity contribution in [2.75, 3.05) is 26.2 Å². The van der Waals surface area contributed by atoms with Crippen LogP contribution in [-0.4, -0.2) is 49.3 Å². The highest BCUT2D eigenvalue weighted by molar-refractivity contribution is 7.86. The van der Waals surface area contributed by atoms with Crippen molar-refractivity contribution >= 4 is 10.2 Å². The summed E-state index contributed by atoms with van der Waals surface area (Å²) >= 11 is 0. The minimum Gasteiger partial charge on any atom is -0.367 e. The normalized spacial score (nSPS) is 26.6. The SMILES string of the molecule is CCN(CC)S(=O)(=O)N1C[C@@H](c2ccccc2)O[C@@H](C2CC2)C1. The molecule has 1 aliphatic carbocycles. The van der Waals surface area contributed by atoms with E-state index in [0.29, 0.717) is 32.1 Å². The number of hydrogen-bond donors (Lipinski definition) is 0. The lowest BCUT2D eigenvalue weighted by Crippen LogP contribution is -2.52. The summed E-state index contributed by atoms with van der Waals surface area (Å²) in [6.45, 7) is 5.64. The van der Waals surface area contributed by atoms with E-state index in [0.717, 1.165) is 18.4 Å². The third kappa shape index (κ3) is 3.60. The molecule has 0 N–H and O–H groups in total. The lowest BCUT2D eigenvalue weighted by Gasteiger charge is -2.39. The zero-order valence-electron chi connectivity index (χ0n) is 13.9. The smallest absolute Gasteiger partial charge is 0.282 e. The Kier molecular flexibility index (Phi) is 5.06. The molecular weight excluding hydrogens is 312 g/mol. The van der Waals surface area contributed by atoms with Crippen molar-refractivity contribution in [3.63, 3.8) is 0 Å². The van der Waals surface area contributed by atoms with Gasteiger partial charge in [0.2, 0.25) is 0 Å². The summed E-state index contributed by atoms with van der Waals surface area (Å²) in [7, 11) is -3.42. The molecule has 6 heteroatoms. The van der Waals surface area contributed by atoms with Gasteiger partial charge in [0.25, 0.3) is 10.2 Å². The molecule has 0 bridgehead atoms. The zero-order chi connectivity index (χ0) is 16.4. The molecule has 5 nitrogen and oxygen atoms in total. The number of morpholine rings is 1. The minimum absolute atomic E-state index is 0.0132. The molecule has 2 aliphatic rings. The van der Waals surface area contributed by atoms with Gasteiger partial charge in [-0.15, -0.1) is 0 Å². The highest BCUT2D eigenvalue weighted by atomic mass is 32.2. The van der Waals surface area contributed by atoms with E-state index in [1.807, 2.05) is 44.2 Å². The third-order valence-corrected chi connectivity index (χ3v) is 6.89. The third-order valence-electron chi connectivity index (χ3n) is 4.77. The van der Waals surface area contributed by atoms with Crippen molar-refractivity contribution in [3.05, 3.63) is 35.9 Å². The van der Waals surface area contributed by atoms with Gasteiger partial charge in [-0.2, -0.15) is 17.0 Å². The fourth-order valence-corrected chi connectivity index (χ4v) is 4.88. The van der Waals surface area contributed by atoms with Gasteiger partial charge >= 0.3 is 0 Å². The molecule has 0 spiro atoms. The first-order chi connectivity index (χ1) is 11.1. The van der Waals surface area contributed by atoms with Crippen LogP contribution >= 0.6 is 0 Å². The van der Waals surface area contributed by atoms with Crippen LogP contribution in [0.15, 0.2) is 30.3 Å². The summed E-state index contributed by atoms with van der Waals surface area (Å²) in [6.07, 6.45) is 2.12. The van der Waals surface area contributed by atoms with Crippen LogP contribution in [0.25, 0.3) is 0 Å². The summed E-state index contributed by atoms with van der Waals surface area (Å²) in [5.41, 5.74) is 1.05. The molecule has 1 saturated heterocycles. The second-order valence-electron chi connectivity index (χ2n) is 6.32. The topological polar surface area (TPSA) is 49.9 Å². The fraction of sp³-hybridized carbons (Fsp3) is 0.647. The Morgan fingerprint density at radius 1 is 1.13 bits per heavy atom. The van der Waals surface area contributed by atoms with Crippen molar-refractivity contribution < 1.29 is 13.2 Å². The largest absolute Gasteiger partial charge is 0.367 e. The first-order valence-electron chi connectivity index (χ1n) is 8.51. The molecule has 0 aromatic heterocycles. The van der Waals surface area contributed by atoms with E-state index in [1.54, 1.807) is 4.31 Å². The maximum absolute atomic E-state index is 12.9. The lowest BCUT2D eigenvalue weighted by molar-refractivity contribution is -0.0758. The van der Waals surface area contributed by atoms with E-state index in [2.05, 4.69) is 0 Å². The second kappa shape index (κ2) is 6.89. The van der Waals surface area contributed by atoms with Crippen molar-refractivity contribution in [3.8, 4) is 0 Å². The van der Waals surface area contributed by atoms with Gasteiger partial charge in [0.05, 0.1) is 12.2 Å². The van der Waals surface area contributed by atoms with E-state index >= 15 is 0 Å². The van der Waals surface area contributed by atoms with Crippen LogP contribution in [0, 0.1) is 5.92 Å². The molecule has 128 valence electrons. The van der Waals surface area contributed by atoms with Crippen LogP contribution in [0.1, 0.15) is 38.4 Å². The van der Waals surface area contributed by atoms with Crippen LogP contribution in [0.3, 0.4) is 0 Å². The molecule has 23 heavy (non-hydrogen) atoms. The number of rotatable bonds is 6. The average molecular weight is 338 g/mol. The summed E-state index contributed by atoms with van der Waals surface area (Å²) in [5, 5.41) is 0. The average Bonchev–Trinajstić information content (AvgIpc) is 3.41. The standard InChI is InChI=1S/C17H26N2O3S/c1-3-18(4-2)23(20,21)19-12-16(14-8-6-5-7-9-14)22-17(13-19)15-10-11-15/h5-9,15-17H,3-4,10-13H2,1-2H3/t16-,17+/m0/s1. The van der Waals surface area contributed by atoms with E-state index in [9.17, 15) is 8.42 Å². The lowest BCUT2D eigenvalue weighted by atomic mass is 10.1. The van der Waals surface area contributed by atoms with Crippen molar-refractivity contribution in [1.82, 2.24) is 8.61 Å². The Labute approximate surface area is 139 Å². The monoisotopic (exact) mass is 338 g/mol. The molecule has 0 amide bonds. The van der Waals surface area contributed by atoms with Gasteiger partial charge in [-0.3, -0.25) is 0 Å². The predicted molar refractivity (Wildman–Crippen MR) is 90.2 cm³/mol. The Morgan fingerprint density at radius 3 is 2.35 bits per heavy atom. The van der Waals surface area contributed by atoms with Crippen molar-refractivity contribution in [1.29, 1.82) is 0 Å². The Bertz CT molecular complexity index is 612. The fourth-order valence-electron chi connectivity index (χ4n) is 3.24. The number of benzene rings is 1.